The zero-order valence-electron chi connectivity index (χ0n) is 35.3. The molecule has 5 aromatic carbocycles. The second kappa shape index (κ2) is 15.1. The molecular weight excluding hydrogens is 862 g/mol. The standard InChI is InChI=1S/C50H41BCl2F8N2/c1-28-22-39(52)43(40(53)23-28)44-45-37(31-10-8-12-35(24-31)49(54,55)56)26-41(29-14-18-33(19-15-29)47(2,3)4)62(45)51(60,61)63-42(30-16-20-34(21-17-30)48(5,6)7)27-38(46(44)63)32-11-9-13-36(25-32)50(57,58)59/h8-27H,1-7H3. The first kappa shape index (κ1) is 44.2. The average molecular weight is 904 g/mol. The highest BCUT2D eigenvalue weighted by atomic mass is 35.5. The third-order valence-electron chi connectivity index (χ3n) is 11.7. The summed E-state index contributed by atoms with van der Waals surface area (Å²) in [6.07, 6.45) is -8.13. The molecule has 0 atom stereocenters. The van der Waals surface area contributed by atoms with Crippen LogP contribution in [0.1, 0.15) is 91.7 Å². The van der Waals surface area contributed by atoms with Crippen LogP contribution in [0, 0.1) is 6.92 Å². The van der Waals surface area contributed by atoms with E-state index in [0.29, 0.717) is 16.7 Å². The maximum Gasteiger partial charge on any atom is 0.737 e. The highest BCUT2D eigenvalue weighted by molar-refractivity contribution is 6.60. The van der Waals surface area contributed by atoms with Crippen molar-refractivity contribution in [3.05, 3.63) is 187 Å². The van der Waals surface area contributed by atoms with Crippen molar-refractivity contribution >= 4 is 47.0 Å². The minimum Gasteiger partial charge on any atom is -0.389 e. The summed E-state index contributed by atoms with van der Waals surface area (Å²) in [7, 11) is 0. The lowest BCUT2D eigenvalue weighted by atomic mass is 9.81. The lowest BCUT2D eigenvalue weighted by Gasteiger charge is -2.35. The molecule has 0 unspecified atom stereocenters. The van der Waals surface area contributed by atoms with Crippen LogP contribution < -0.4 is 0 Å². The molecule has 63 heavy (non-hydrogen) atoms. The predicted molar refractivity (Wildman–Crippen MR) is 239 cm³/mol. The molecule has 0 N–H and O–H groups in total. The van der Waals surface area contributed by atoms with Crippen molar-refractivity contribution in [1.82, 2.24) is 4.48 Å². The zero-order chi connectivity index (χ0) is 45.8. The smallest absolute Gasteiger partial charge is 0.389 e. The maximum atomic E-state index is 18.7. The summed E-state index contributed by atoms with van der Waals surface area (Å²) < 4.78 is 126. The molecule has 0 bridgehead atoms. The average Bonchev–Trinajstić information content (AvgIpc) is 3.80. The summed E-state index contributed by atoms with van der Waals surface area (Å²) in [4.78, 5) is 0. The molecule has 2 nitrogen and oxygen atoms in total. The van der Waals surface area contributed by atoms with Gasteiger partial charge in [-0.1, -0.05) is 125 Å². The molecule has 6 aromatic rings. The van der Waals surface area contributed by atoms with Gasteiger partial charge in [0.05, 0.1) is 32.3 Å². The minimum absolute atomic E-state index is 0.00113. The van der Waals surface area contributed by atoms with Crippen molar-refractivity contribution < 1.29 is 39.5 Å². The van der Waals surface area contributed by atoms with E-state index in [-0.39, 0.29) is 77.1 Å². The number of alkyl halides is 6. The van der Waals surface area contributed by atoms with Crippen molar-refractivity contribution in [3.8, 4) is 22.4 Å². The van der Waals surface area contributed by atoms with Crippen LogP contribution in [0.15, 0.2) is 127 Å². The van der Waals surface area contributed by atoms with Crippen molar-refractivity contribution in [1.29, 1.82) is 0 Å². The quantitative estimate of drug-likeness (QED) is 0.120. The number of aryl methyl sites for hydroxylation is 1. The number of halogens is 10. The number of hydrogen-bond acceptors (Lipinski definition) is 0. The Hall–Kier alpha value is -5.39. The molecule has 2 aliphatic heterocycles. The molecule has 8 rings (SSSR count). The zero-order valence-corrected chi connectivity index (χ0v) is 36.8. The van der Waals surface area contributed by atoms with Crippen LogP contribution in [0.3, 0.4) is 0 Å². The maximum absolute atomic E-state index is 18.7. The van der Waals surface area contributed by atoms with Gasteiger partial charge in [0.2, 0.25) is 0 Å². The van der Waals surface area contributed by atoms with Crippen molar-refractivity contribution in [2.45, 2.75) is 71.6 Å². The first-order chi connectivity index (χ1) is 29.3. The molecule has 0 amide bonds. The monoisotopic (exact) mass is 902 g/mol. The van der Waals surface area contributed by atoms with Crippen LogP contribution in [-0.4, -0.2) is 21.6 Å². The van der Waals surface area contributed by atoms with Gasteiger partial charge in [-0.25, -0.2) is 0 Å². The molecule has 1 aromatic heterocycles. The van der Waals surface area contributed by atoms with E-state index in [4.69, 9.17) is 23.2 Å². The highest BCUT2D eigenvalue weighted by Gasteiger charge is 2.58. The van der Waals surface area contributed by atoms with Crippen LogP contribution in [0.2, 0.25) is 10.0 Å². The molecule has 0 aliphatic carbocycles. The molecular formula is C50H41BCl2F8N2. The summed E-state index contributed by atoms with van der Waals surface area (Å²) in [6.45, 7) is 8.71. The molecule has 324 valence electrons. The Morgan fingerprint density at radius 1 is 0.556 bits per heavy atom. The van der Waals surface area contributed by atoms with Gasteiger partial charge in [-0.3, -0.25) is 0 Å². The number of allylic oxidation sites excluding steroid dienone is 2. The van der Waals surface area contributed by atoms with Crippen molar-refractivity contribution in [2.75, 3.05) is 0 Å². The second-order valence-corrected chi connectivity index (χ2v) is 19.0. The van der Waals surface area contributed by atoms with E-state index in [9.17, 15) is 26.3 Å². The van der Waals surface area contributed by atoms with Crippen molar-refractivity contribution in [2.24, 2.45) is 0 Å². The van der Waals surface area contributed by atoms with E-state index in [1.165, 1.54) is 36.4 Å². The Morgan fingerprint density at radius 3 is 1.52 bits per heavy atom. The van der Waals surface area contributed by atoms with E-state index in [1.54, 1.807) is 43.3 Å². The molecule has 0 spiro atoms. The number of benzene rings is 5. The Morgan fingerprint density at radius 2 is 1.03 bits per heavy atom. The topological polar surface area (TPSA) is 7.94 Å². The number of nitrogens with zero attached hydrogens (tertiary/aromatic N) is 2. The summed E-state index contributed by atoms with van der Waals surface area (Å²) in [5, 5.41) is 0.0655. The highest BCUT2D eigenvalue weighted by Crippen LogP contribution is 2.54. The van der Waals surface area contributed by atoms with E-state index >= 15 is 8.63 Å². The van der Waals surface area contributed by atoms with E-state index in [2.05, 4.69) is 0 Å². The predicted octanol–water partition coefficient (Wildman–Crippen LogP) is 15.7. The Bertz CT molecular complexity index is 2900. The fraction of sp³-hybridized carbons (Fsp3) is 0.220. The van der Waals surface area contributed by atoms with Gasteiger partial charge >= 0.3 is 19.3 Å². The first-order valence-electron chi connectivity index (χ1n) is 20.2. The molecule has 0 fully saturated rings. The molecule has 13 heteroatoms. The Labute approximate surface area is 370 Å². The fourth-order valence-corrected chi connectivity index (χ4v) is 9.29. The molecule has 3 heterocycles. The number of aromatic nitrogens is 1. The lowest BCUT2D eigenvalue weighted by molar-refractivity contribution is -0.359. The number of fused-ring (bicyclic) bond motifs is 2. The van der Waals surface area contributed by atoms with Gasteiger partial charge in [0.15, 0.2) is 11.4 Å². The molecule has 0 saturated heterocycles. The SMILES string of the molecule is Cc1cc(Cl)c(C2=C3C(c4cccc(C(F)(F)F)c4)=CC(c4ccc(C(C)(C)C)cc4)=[N+]3[B-](F)(F)n3c(-c4ccc(C(C)(C)C)cc4)cc(-c4cccc(C(F)(F)F)c4)c32)c(Cl)c1. The number of rotatable bonds is 5. The van der Waals surface area contributed by atoms with Gasteiger partial charge in [-0.2, -0.15) is 26.3 Å². The van der Waals surface area contributed by atoms with E-state index in [1.807, 2.05) is 65.8 Å². The number of hydrogen-bond donors (Lipinski definition) is 0. The summed E-state index contributed by atoms with van der Waals surface area (Å²) in [5.74, 6) is 0. The Balaban J connectivity index is 1.59. The summed E-state index contributed by atoms with van der Waals surface area (Å²) in [5.41, 5.74) is 0.0477. The van der Waals surface area contributed by atoms with E-state index < -0.39 is 30.4 Å². The summed E-state index contributed by atoms with van der Waals surface area (Å²) >= 11 is 14.2. The third kappa shape index (κ3) is 7.86. The molecule has 0 saturated carbocycles. The van der Waals surface area contributed by atoms with Gasteiger partial charge in [0.25, 0.3) is 0 Å². The summed E-state index contributed by atoms with van der Waals surface area (Å²) in [6, 6.07) is 27.5. The molecule has 2 aliphatic rings. The first-order valence-corrected chi connectivity index (χ1v) is 21.0. The van der Waals surface area contributed by atoms with Gasteiger partial charge in [0.1, 0.15) is 0 Å². The van der Waals surface area contributed by atoms with Crippen LogP contribution in [-0.2, 0) is 23.2 Å². The van der Waals surface area contributed by atoms with Crippen LogP contribution in [0.4, 0.5) is 35.0 Å². The Kier molecular flexibility index (Phi) is 10.6. The second-order valence-electron chi connectivity index (χ2n) is 18.2. The fourth-order valence-electron chi connectivity index (χ4n) is 8.50. The van der Waals surface area contributed by atoms with E-state index in [0.717, 1.165) is 44.4 Å². The van der Waals surface area contributed by atoms with Gasteiger partial charge < -0.3 is 17.6 Å². The molecule has 0 radical (unpaired) electrons. The van der Waals surface area contributed by atoms with Crippen molar-refractivity contribution in [3.63, 3.8) is 0 Å². The minimum atomic E-state index is -5.05. The van der Waals surface area contributed by atoms with Crippen LogP contribution in [0.5, 0.6) is 0 Å². The normalized spacial score (nSPS) is 15.5. The van der Waals surface area contributed by atoms with Gasteiger partial charge in [-0.15, -0.1) is 0 Å². The van der Waals surface area contributed by atoms with Crippen LogP contribution >= 0.6 is 23.2 Å². The third-order valence-corrected chi connectivity index (χ3v) is 12.3. The van der Waals surface area contributed by atoms with Gasteiger partial charge in [-0.05, 0) is 106 Å². The lowest BCUT2D eigenvalue weighted by Crippen LogP contribution is -2.51. The largest absolute Gasteiger partial charge is 0.737 e. The van der Waals surface area contributed by atoms with Crippen LogP contribution in [0.25, 0.3) is 33.5 Å². The van der Waals surface area contributed by atoms with Gasteiger partial charge in [0, 0.05) is 34.2 Å².